The number of aliphatic imine (C=N–C) groups is 1. The topological polar surface area (TPSA) is 94.6 Å². The van der Waals surface area contributed by atoms with Gasteiger partial charge in [-0.25, -0.2) is 4.98 Å². The van der Waals surface area contributed by atoms with Crippen molar-refractivity contribution in [2.24, 2.45) is 4.99 Å². The molecule has 210 valence electrons. The molecule has 0 amide bonds. The summed E-state index contributed by atoms with van der Waals surface area (Å²) < 4.78 is 87.3. The first kappa shape index (κ1) is 30.3. The summed E-state index contributed by atoms with van der Waals surface area (Å²) in [5.74, 6) is 0.518. The first-order valence-electron chi connectivity index (χ1n) is 10.8. The second kappa shape index (κ2) is 13.2. The lowest BCUT2D eigenvalue weighted by atomic mass is 10.3. The maximum Gasteiger partial charge on any atom is 0.422 e. The largest absolute Gasteiger partial charge is 0.484 e. The van der Waals surface area contributed by atoms with Gasteiger partial charge in [-0.15, -0.1) is 0 Å². The Bertz CT molecular complexity index is 1530. The molecule has 2 aromatic heterocycles. The number of hydrogen-bond donors (Lipinski definition) is 1. The molecule has 4 rings (SSSR count). The summed E-state index contributed by atoms with van der Waals surface area (Å²) in [6.45, 7) is -2.69. The molecule has 0 aliphatic heterocycles. The minimum atomic E-state index is -4.42. The Morgan fingerprint density at radius 3 is 1.95 bits per heavy atom. The van der Waals surface area contributed by atoms with Crippen LogP contribution in [0, 0.1) is 4.77 Å². The minimum absolute atomic E-state index is 0.0299. The molecule has 2 aromatic carbocycles. The number of nitrogens with one attached hydrogen (secondary N) is 1. The van der Waals surface area contributed by atoms with Crippen LogP contribution in [0.1, 0.15) is 0 Å². The third-order valence-electron chi connectivity index (χ3n) is 4.54. The van der Waals surface area contributed by atoms with Crippen LogP contribution in [0.4, 0.5) is 32.0 Å². The van der Waals surface area contributed by atoms with Gasteiger partial charge < -0.3 is 18.9 Å². The predicted octanol–water partition coefficient (Wildman–Crippen LogP) is 6.85. The second-order valence-electron chi connectivity index (χ2n) is 7.53. The van der Waals surface area contributed by atoms with E-state index in [0.717, 1.165) is 0 Å². The number of aromatic nitrogens is 3. The average Bonchev–Trinajstić information content (AvgIpc) is 3.42. The van der Waals surface area contributed by atoms with Crippen LogP contribution in [0.15, 0.2) is 81.4 Å². The van der Waals surface area contributed by atoms with E-state index in [9.17, 15) is 31.1 Å². The Kier molecular flexibility index (Phi) is 9.98. The normalized spacial score (nSPS) is 11.2. The molecule has 0 bridgehead atoms. The quantitative estimate of drug-likeness (QED) is 0.140. The number of ether oxygens (including phenoxy) is 2. The van der Waals surface area contributed by atoms with Crippen molar-refractivity contribution >= 4 is 35.3 Å². The highest BCUT2D eigenvalue weighted by atomic mass is 32.1. The summed E-state index contributed by atoms with van der Waals surface area (Å²) >= 11 is 9.55. The molecule has 16 heteroatoms. The number of hydrogen-bond acceptors (Lipinski definition) is 8. The van der Waals surface area contributed by atoms with Crippen LogP contribution in [0.2, 0.25) is 0 Å². The summed E-state index contributed by atoms with van der Waals surface area (Å²) in [5, 5.41) is 2.15. The van der Waals surface area contributed by atoms with Gasteiger partial charge in [-0.1, -0.05) is 0 Å². The van der Waals surface area contributed by atoms with Crippen molar-refractivity contribution < 1.29 is 40.2 Å². The molecule has 1 N–H and O–H groups in total. The van der Waals surface area contributed by atoms with E-state index in [1.54, 1.807) is 0 Å². The van der Waals surface area contributed by atoms with Crippen LogP contribution >= 0.6 is 24.4 Å². The fourth-order valence-electron chi connectivity index (χ4n) is 2.91. The van der Waals surface area contributed by atoms with Crippen LogP contribution < -0.4 is 15.0 Å². The zero-order valence-corrected chi connectivity index (χ0v) is 21.5. The van der Waals surface area contributed by atoms with E-state index in [0.29, 0.717) is 22.8 Å². The van der Waals surface area contributed by atoms with E-state index >= 15 is 0 Å². The lowest BCUT2D eigenvalue weighted by Crippen LogP contribution is -2.20. The number of nitrogens with zero attached hydrogens (tertiary/aromatic N) is 3. The number of halogens is 6. The van der Waals surface area contributed by atoms with Gasteiger partial charge in [0, 0.05) is 6.07 Å². The molecule has 0 aliphatic rings. The number of oxazole rings is 1. The Hall–Kier alpha value is -4.27. The highest BCUT2D eigenvalue weighted by molar-refractivity contribution is 7.78. The van der Waals surface area contributed by atoms with E-state index in [2.05, 4.69) is 41.8 Å². The molecular formula is C24H16F6N4O4S2. The van der Waals surface area contributed by atoms with Crippen LogP contribution in [0.25, 0.3) is 17.1 Å². The van der Waals surface area contributed by atoms with Gasteiger partial charge >= 0.3 is 12.4 Å². The molecule has 40 heavy (non-hydrogen) atoms. The Morgan fingerprint density at radius 2 is 1.50 bits per heavy atom. The molecule has 0 unspecified atom stereocenters. The van der Waals surface area contributed by atoms with Gasteiger partial charge in [-0.2, -0.15) is 31.3 Å². The predicted molar refractivity (Wildman–Crippen MR) is 137 cm³/mol. The van der Waals surface area contributed by atoms with Crippen molar-refractivity contribution in [1.29, 1.82) is 0 Å². The van der Waals surface area contributed by atoms with Gasteiger partial charge in [0.05, 0.1) is 28.4 Å². The van der Waals surface area contributed by atoms with Crippen molar-refractivity contribution in [2.75, 3.05) is 13.2 Å². The number of alkyl halides is 6. The van der Waals surface area contributed by atoms with Gasteiger partial charge in [0.2, 0.25) is 0 Å². The number of aromatic amines is 1. The van der Waals surface area contributed by atoms with E-state index in [1.807, 2.05) is 0 Å². The minimum Gasteiger partial charge on any atom is -0.484 e. The highest BCUT2D eigenvalue weighted by Gasteiger charge is 2.29. The Balaban J connectivity index is 0.000000252. The smallest absolute Gasteiger partial charge is 0.422 e. The highest BCUT2D eigenvalue weighted by Crippen LogP contribution is 2.22. The lowest BCUT2D eigenvalue weighted by Gasteiger charge is -2.11. The monoisotopic (exact) mass is 602 g/mol. The molecule has 0 radical (unpaired) electrons. The second-order valence-corrected chi connectivity index (χ2v) is 8.10. The molecule has 0 fully saturated rings. The number of benzene rings is 2. The molecular weight excluding hydrogens is 586 g/mol. The van der Waals surface area contributed by atoms with E-state index in [-0.39, 0.29) is 16.3 Å². The van der Waals surface area contributed by atoms with Crippen molar-refractivity contribution in [3.05, 3.63) is 82.3 Å². The van der Waals surface area contributed by atoms with Crippen LogP contribution in [-0.4, -0.2) is 45.3 Å². The van der Waals surface area contributed by atoms with Gasteiger partial charge in [-0.3, -0.25) is 9.36 Å². The summed E-state index contributed by atoms with van der Waals surface area (Å²) in [6.07, 6.45) is -6.10. The number of rotatable bonds is 7. The van der Waals surface area contributed by atoms with Crippen molar-refractivity contribution in [2.45, 2.75) is 12.4 Å². The van der Waals surface area contributed by atoms with Crippen LogP contribution in [0.5, 0.6) is 11.5 Å². The summed E-state index contributed by atoms with van der Waals surface area (Å²) in [6, 6.07) is 12.6. The van der Waals surface area contributed by atoms with Crippen molar-refractivity contribution in [3.8, 4) is 28.6 Å². The standard InChI is InChI=1S/C15H10F3N3O3S.C9H6F3NOS/c16-15(17,18)7-23-10-3-1-9(2-4-10)21-13(22)5-11(20-14(21)25)12-6-19-8-24-12;10-9(11,12)5-14-8-3-1-7(2-4-8)13-6-15/h1-6,8H,7H2,(H,20,25);1-4H,5H2. The molecule has 0 spiro atoms. The average molecular weight is 603 g/mol. The summed E-state index contributed by atoms with van der Waals surface area (Å²) in [4.78, 5) is 22.6. The third kappa shape index (κ3) is 9.48. The summed E-state index contributed by atoms with van der Waals surface area (Å²) in [7, 11) is 0. The van der Waals surface area contributed by atoms with Gasteiger partial charge in [0.25, 0.3) is 5.56 Å². The molecule has 0 saturated carbocycles. The van der Waals surface area contributed by atoms with Gasteiger partial charge in [0.1, 0.15) is 11.5 Å². The molecule has 0 aliphatic carbocycles. The molecule has 8 nitrogen and oxygen atoms in total. The Morgan fingerprint density at radius 1 is 0.950 bits per heavy atom. The number of H-pyrrole nitrogens is 1. The SMILES string of the molecule is FC(F)(F)COc1ccc(N=C=S)cc1.O=c1cc(-c2cnco2)[nH]c(=S)n1-c1ccc(OCC(F)(F)F)cc1. The maximum atomic E-state index is 12.3. The maximum absolute atomic E-state index is 12.3. The third-order valence-corrected chi connectivity index (χ3v) is 4.92. The number of isothiocyanates is 1. The van der Waals surface area contributed by atoms with Crippen molar-refractivity contribution in [1.82, 2.24) is 14.5 Å². The fourth-order valence-corrected chi connectivity index (χ4v) is 3.32. The molecule has 0 saturated heterocycles. The zero-order valence-electron chi connectivity index (χ0n) is 19.8. The molecule has 0 atom stereocenters. The molecule has 2 heterocycles. The first-order valence-corrected chi connectivity index (χ1v) is 11.6. The van der Waals surface area contributed by atoms with Crippen LogP contribution in [-0.2, 0) is 0 Å². The molecule has 4 aromatic rings. The van der Waals surface area contributed by atoms with Gasteiger partial charge in [-0.05, 0) is 73.0 Å². The van der Waals surface area contributed by atoms with E-state index < -0.39 is 31.1 Å². The van der Waals surface area contributed by atoms with E-state index in [1.165, 1.54) is 71.8 Å². The van der Waals surface area contributed by atoms with Gasteiger partial charge in [0.15, 0.2) is 30.1 Å². The van der Waals surface area contributed by atoms with Crippen molar-refractivity contribution in [3.63, 3.8) is 0 Å². The lowest BCUT2D eigenvalue weighted by molar-refractivity contribution is -0.154. The summed E-state index contributed by atoms with van der Waals surface area (Å²) in [5.41, 5.74) is 0.840. The van der Waals surface area contributed by atoms with Crippen LogP contribution in [0.3, 0.4) is 0 Å². The zero-order chi connectivity index (χ0) is 29.3. The Labute approximate surface area is 231 Å². The first-order chi connectivity index (χ1) is 18.8. The fraction of sp³-hybridized carbons (Fsp3) is 0.167. The van der Waals surface area contributed by atoms with E-state index in [4.69, 9.17) is 16.6 Å². The number of thiocarbonyl (C=S) groups is 1.